The van der Waals surface area contributed by atoms with Crippen molar-refractivity contribution in [2.24, 2.45) is 0 Å². The summed E-state index contributed by atoms with van der Waals surface area (Å²) in [5.41, 5.74) is 2.08. The summed E-state index contributed by atoms with van der Waals surface area (Å²) in [6.45, 7) is 3.22. The summed E-state index contributed by atoms with van der Waals surface area (Å²) in [6, 6.07) is 0. The molecular weight excluding hydrogens is 248 g/mol. The summed E-state index contributed by atoms with van der Waals surface area (Å²) < 4.78 is 0. The van der Waals surface area contributed by atoms with Crippen LogP contribution in [-0.4, -0.2) is 32.7 Å². The van der Waals surface area contributed by atoms with E-state index in [4.69, 9.17) is 0 Å². The lowest BCUT2D eigenvalue weighted by Crippen LogP contribution is -2.23. The van der Waals surface area contributed by atoms with Gasteiger partial charge in [-0.05, 0) is 25.5 Å². The molecule has 1 aliphatic rings. The van der Waals surface area contributed by atoms with Crippen LogP contribution in [0.1, 0.15) is 29.7 Å². The van der Waals surface area contributed by atoms with Gasteiger partial charge in [-0.1, -0.05) is 0 Å². The molecule has 0 spiro atoms. The summed E-state index contributed by atoms with van der Waals surface area (Å²) in [5.74, 6) is 1.46. The Hall–Kier alpha value is -0.780. The fraction of sp³-hybridized carbons (Fsp3) is 0.615. The number of rotatable bonds is 5. The number of hydrogen-bond acceptors (Lipinski definition) is 5. The Morgan fingerprint density at radius 3 is 3.06 bits per heavy atom. The van der Waals surface area contributed by atoms with Crippen LogP contribution in [0.15, 0.2) is 6.20 Å². The van der Waals surface area contributed by atoms with E-state index in [0.29, 0.717) is 23.1 Å². The molecule has 1 saturated heterocycles. The van der Waals surface area contributed by atoms with Crippen molar-refractivity contribution < 1.29 is 10.2 Å². The van der Waals surface area contributed by atoms with Crippen molar-refractivity contribution in [3.8, 4) is 5.75 Å². The lowest BCUT2D eigenvalue weighted by Gasteiger charge is -2.14. The number of aryl methyl sites for hydroxylation is 1. The van der Waals surface area contributed by atoms with Gasteiger partial charge in [0.25, 0.3) is 0 Å². The first-order chi connectivity index (χ1) is 8.72. The monoisotopic (exact) mass is 268 g/mol. The Labute approximate surface area is 112 Å². The molecule has 18 heavy (non-hydrogen) atoms. The summed E-state index contributed by atoms with van der Waals surface area (Å²) in [6.07, 6.45) is 4.21. The predicted molar refractivity (Wildman–Crippen MR) is 73.7 cm³/mol. The molecule has 1 aromatic heterocycles. The Morgan fingerprint density at radius 1 is 1.56 bits per heavy atom. The normalized spacial score (nSPS) is 19.3. The molecule has 100 valence electrons. The van der Waals surface area contributed by atoms with Gasteiger partial charge in [0.05, 0.1) is 12.3 Å². The molecule has 4 nitrogen and oxygen atoms in total. The average molecular weight is 268 g/mol. The average Bonchev–Trinajstić information content (AvgIpc) is 2.88. The number of aliphatic hydroxyl groups excluding tert-OH is 1. The van der Waals surface area contributed by atoms with Gasteiger partial charge in [0.15, 0.2) is 0 Å². The number of nitrogens with zero attached hydrogens (tertiary/aromatic N) is 1. The molecule has 2 heterocycles. The third-order valence-electron chi connectivity index (χ3n) is 3.30. The largest absolute Gasteiger partial charge is 0.506 e. The number of hydrogen-bond donors (Lipinski definition) is 3. The van der Waals surface area contributed by atoms with Crippen molar-refractivity contribution in [3.63, 3.8) is 0 Å². The first-order valence-electron chi connectivity index (χ1n) is 6.32. The topological polar surface area (TPSA) is 65.4 Å². The van der Waals surface area contributed by atoms with Crippen molar-refractivity contribution in [1.82, 2.24) is 10.3 Å². The van der Waals surface area contributed by atoms with Gasteiger partial charge in [0, 0.05) is 35.7 Å². The standard InChI is InChI=1S/C13H20N2O2S/c1-9-13(17)12(10(8-16)5-15-9)7-14-6-11-3-2-4-18-11/h5,11,14,16-17H,2-4,6-8H2,1H3. The third-order valence-corrected chi connectivity index (χ3v) is 4.70. The van der Waals surface area contributed by atoms with Gasteiger partial charge in [-0.25, -0.2) is 0 Å². The van der Waals surface area contributed by atoms with Crippen molar-refractivity contribution >= 4 is 11.8 Å². The highest BCUT2D eigenvalue weighted by atomic mass is 32.2. The number of thioether (sulfide) groups is 1. The predicted octanol–water partition coefficient (Wildman–Crippen LogP) is 1.57. The van der Waals surface area contributed by atoms with E-state index in [9.17, 15) is 10.2 Å². The summed E-state index contributed by atoms with van der Waals surface area (Å²) in [4.78, 5) is 4.05. The molecule has 1 aromatic rings. The summed E-state index contributed by atoms with van der Waals surface area (Å²) in [5, 5.41) is 23.3. The van der Waals surface area contributed by atoms with E-state index >= 15 is 0 Å². The minimum absolute atomic E-state index is 0.0873. The van der Waals surface area contributed by atoms with E-state index in [1.807, 2.05) is 11.8 Å². The maximum absolute atomic E-state index is 9.98. The van der Waals surface area contributed by atoms with E-state index in [-0.39, 0.29) is 12.4 Å². The minimum atomic E-state index is -0.0873. The molecule has 0 aliphatic carbocycles. The van der Waals surface area contributed by atoms with Crippen LogP contribution in [-0.2, 0) is 13.2 Å². The zero-order valence-corrected chi connectivity index (χ0v) is 11.5. The van der Waals surface area contributed by atoms with Crippen LogP contribution in [0.3, 0.4) is 0 Å². The maximum Gasteiger partial charge on any atom is 0.141 e. The van der Waals surface area contributed by atoms with E-state index in [1.165, 1.54) is 18.6 Å². The fourth-order valence-corrected chi connectivity index (χ4v) is 3.42. The molecule has 1 aliphatic heterocycles. The smallest absolute Gasteiger partial charge is 0.141 e. The molecule has 0 aromatic carbocycles. The van der Waals surface area contributed by atoms with Gasteiger partial charge in [0.2, 0.25) is 0 Å². The Kier molecular flexibility index (Phi) is 4.86. The van der Waals surface area contributed by atoms with Crippen molar-refractivity contribution in [3.05, 3.63) is 23.0 Å². The fourth-order valence-electron chi connectivity index (χ4n) is 2.18. The molecule has 0 bridgehead atoms. The molecular formula is C13H20N2O2S. The van der Waals surface area contributed by atoms with Crippen LogP contribution in [0.5, 0.6) is 5.75 Å². The van der Waals surface area contributed by atoms with Crippen molar-refractivity contribution in [2.75, 3.05) is 12.3 Å². The molecule has 2 rings (SSSR count). The Balaban J connectivity index is 1.96. The number of aliphatic hydroxyl groups is 1. The molecule has 1 unspecified atom stereocenters. The summed E-state index contributed by atoms with van der Waals surface area (Å²) >= 11 is 2.01. The highest BCUT2D eigenvalue weighted by Gasteiger charge is 2.16. The quantitative estimate of drug-likeness (QED) is 0.756. The van der Waals surface area contributed by atoms with Gasteiger partial charge < -0.3 is 15.5 Å². The van der Waals surface area contributed by atoms with Crippen LogP contribution < -0.4 is 5.32 Å². The number of aromatic hydroxyl groups is 1. The third kappa shape index (κ3) is 3.16. The highest BCUT2D eigenvalue weighted by molar-refractivity contribution is 8.00. The van der Waals surface area contributed by atoms with Gasteiger partial charge in [-0.15, -0.1) is 0 Å². The maximum atomic E-state index is 9.98. The van der Waals surface area contributed by atoms with Crippen LogP contribution in [0.4, 0.5) is 0 Å². The first kappa shape index (κ1) is 13.6. The van der Waals surface area contributed by atoms with E-state index in [1.54, 1.807) is 13.1 Å². The van der Waals surface area contributed by atoms with Gasteiger partial charge in [-0.2, -0.15) is 11.8 Å². The van der Waals surface area contributed by atoms with Crippen molar-refractivity contribution in [2.45, 2.75) is 38.2 Å². The van der Waals surface area contributed by atoms with Gasteiger partial charge in [0.1, 0.15) is 5.75 Å². The number of pyridine rings is 1. The highest BCUT2D eigenvalue weighted by Crippen LogP contribution is 2.26. The van der Waals surface area contributed by atoms with Gasteiger partial charge >= 0.3 is 0 Å². The second-order valence-electron chi connectivity index (χ2n) is 4.62. The molecule has 5 heteroatoms. The van der Waals surface area contributed by atoms with Crippen LogP contribution in [0.2, 0.25) is 0 Å². The van der Waals surface area contributed by atoms with E-state index in [2.05, 4.69) is 10.3 Å². The lowest BCUT2D eigenvalue weighted by molar-refractivity contribution is 0.278. The minimum Gasteiger partial charge on any atom is -0.506 e. The van der Waals surface area contributed by atoms with E-state index < -0.39 is 0 Å². The summed E-state index contributed by atoms with van der Waals surface area (Å²) in [7, 11) is 0. The molecule has 3 N–H and O–H groups in total. The molecule has 1 fully saturated rings. The van der Waals surface area contributed by atoms with Gasteiger partial charge in [-0.3, -0.25) is 4.98 Å². The molecule has 0 radical (unpaired) electrons. The van der Waals surface area contributed by atoms with E-state index in [0.717, 1.165) is 12.1 Å². The van der Waals surface area contributed by atoms with Crippen LogP contribution in [0, 0.1) is 6.92 Å². The van der Waals surface area contributed by atoms with Crippen LogP contribution >= 0.6 is 11.8 Å². The molecule has 0 amide bonds. The second-order valence-corrected chi connectivity index (χ2v) is 6.03. The second kappa shape index (κ2) is 6.41. The Morgan fingerprint density at radius 2 is 2.39 bits per heavy atom. The molecule has 0 saturated carbocycles. The Bertz CT molecular complexity index is 406. The first-order valence-corrected chi connectivity index (χ1v) is 7.36. The zero-order valence-electron chi connectivity index (χ0n) is 10.6. The van der Waals surface area contributed by atoms with Crippen LogP contribution in [0.25, 0.3) is 0 Å². The number of nitrogens with one attached hydrogen (secondary N) is 1. The lowest BCUT2D eigenvalue weighted by atomic mass is 10.1. The SMILES string of the molecule is Cc1ncc(CO)c(CNCC2CCCS2)c1O. The zero-order chi connectivity index (χ0) is 13.0. The van der Waals surface area contributed by atoms with Crippen molar-refractivity contribution in [1.29, 1.82) is 0 Å². The number of aromatic nitrogens is 1. The molecule has 1 atom stereocenters.